The van der Waals surface area contributed by atoms with E-state index in [0.29, 0.717) is 0 Å². The summed E-state index contributed by atoms with van der Waals surface area (Å²) in [4.78, 5) is 0. The van der Waals surface area contributed by atoms with E-state index in [1.54, 1.807) is 0 Å². The Morgan fingerprint density at radius 1 is 0.222 bits per heavy atom. The fraction of sp³-hybridized carbons (Fsp3) is 0. The molecule has 0 aliphatic heterocycles. The summed E-state index contributed by atoms with van der Waals surface area (Å²) in [6, 6.07) is 86.3. The van der Waals surface area contributed by atoms with Gasteiger partial charge in [-0.15, -0.1) is 0 Å². The third-order valence-electron chi connectivity index (χ3n) is 12.5. The fourth-order valence-electron chi connectivity index (χ4n) is 9.57. The second kappa shape index (κ2) is 15.3. The van der Waals surface area contributed by atoms with Crippen LogP contribution >= 0.6 is 15.9 Å². The Morgan fingerprint density at radius 2 is 0.603 bits per heavy atom. The third kappa shape index (κ3) is 6.57. The highest BCUT2D eigenvalue weighted by molar-refractivity contribution is 9.10. The molecule has 0 unspecified atom stereocenters. The lowest BCUT2D eigenvalue weighted by Gasteiger charge is -2.14. The van der Waals surface area contributed by atoms with Crippen molar-refractivity contribution in [1.29, 1.82) is 0 Å². The van der Waals surface area contributed by atoms with Crippen molar-refractivity contribution in [2.45, 2.75) is 0 Å². The van der Waals surface area contributed by atoms with Crippen LogP contribution in [0.4, 0.5) is 0 Å². The zero-order valence-corrected chi connectivity index (χ0v) is 35.9. The predicted octanol–water partition coefficient (Wildman–Crippen LogP) is 17.0. The molecule has 296 valence electrons. The Balaban J connectivity index is 1.05. The van der Waals surface area contributed by atoms with Gasteiger partial charge < -0.3 is 9.13 Å². The first kappa shape index (κ1) is 37.1. The van der Waals surface area contributed by atoms with Gasteiger partial charge in [-0.3, -0.25) is 0 Å². The van der Waals surface area contributed by atoms with Crippen molar-refractivity contribution in [2.24, 2.45) is 0 Å². The maximum atomic E-state index is 3.76. The first-order chi connectivity index (χ1) is 31.1. The summed E-state index contributed by atoms with van der Waals surface area (Å²) in [5, 5.41) is 4.93. The molecular formula is C60H39BrN2. The molecule has 12 aromatic rings. The van der Waals surface area contributed by atoms with E-state index in [0.717, 1.165) is 15.8 Å². The summed E-state index contributed by atoms with van der Waals surface area (Å²) < 4.78 is 5.88. The highest BCUT2D eigenvalue weighted by Gasteiger charge is 2.18. The Labute approximate surface area is 374 Å². The van der Waals surface area contributed by atoms with Crippen LogP contribution in [-0.4, -0.2) is 9.13 Å². The zero-order chi connectivity index (χ0) is 41.9. The van der Waals surface area contributed by atoms with Crippen molar-refractivity contribution < 1.29 is 0 Å². The number of benzene rings is 10. The van der Waals surface area contributed by atoms with Crippen molar-refractivity contribution in [2.75, 3.05) is 0 Å². The molecule has 0 bridgehead atoms. The molecule has 0 N–H and O–H groups in total. The van der Waals surface area contributed by atoms with Crippen LogP contribution in [0, 0.1) is 0 Å². The first-order valence-electron chi connectivity index (χ1n) is 21.4. The fourth-order valence-corrected chi connectivity index (χ4v) is 9.97. The molecule has 0 radical (unpaired) electrons. The van der Waals surface area contributed by atoms with Crippen molar-refractivity contribution >= 4 is 59.5 Å². The summed E-state index contributed by atoms with van der Waals surface area (Å²) in [7, 11) is 0. The van der Waals surface area contributed by atoms with Gasteiger partial charge in [0.2, 0.25) is 0 Å². The van der Waals surface area contributed by atoms with Gasteiger partial charge in [0.1, 0.15) is 0 Å². The average molecular weight is 868 g/mol. The number of para-hydroxylation sites is 3. The standard InChI is InChI=1S/C60H39BrN2/c61-50-20-14-19-42(35-50)45-31-46(43-27-29-59-55(38-43)53-23-10-12-25-57(53)62(59)51-21-8-3-9-22-51)33-47(32-45)44-28-30-60-56(39-44)54-24-11-13-26-58(54)63(60)52-36-48(40-15-4-1-5-16-40)34-49(37-52)41-17-6-2-7-18-41/h1-39H. The van der Waals surface area contributed by atoms with Gasteiger partial charge in [-0.1, -0.05) is 155 Å². The normalized spacial score (nSPS) is 11.6. The molecule has 63 heavy (non-hydrogen) atoms. The van der Waals surface area contributed by atoms with Gasteiger partial charge in [-0.05, 0) is 153 Å². The second-order valence-electron chi connectivity index (χ2n) is 16.3. The third-order valence-corrected chi connectivity index (χ3v) is 13.0. The number of hydrogen-bond donors (Lipinski definition) is 0. The molecule has 0 aliphatic carbocycles. The maximum absolute atomic E-state index is 3.76. The van der Waals surface area contributed by atoms with Gasteiger partial charge >= 0.3 is 0 Å². The summed E-state index contributed by atoms with van der Waals surface area (Å²) >= 11 is 3.76. The molecule has 2 aromatic heterocycles. The van der Waals surface area contributed by atoms with Gasteiger partial charge in [-0.2, -0.15) is 0 Å². The molecule has 3 heteroatoms. The van der Waals surface area contributed by atoms with Crippen molar-refractivity contribution in [3.8, 4) is 67.0 Å². The molecular weight excluding hydrogens is 829 g/mol. The molecule has 0 aliphatic rings. The van der Waals surface area contributed by atoms with Crippen LogP contribution in [0.15, 0.2) is 241 Å². The summed E-state index contributed by atoms with van der Waals surface area (Å²) in [6.07, 6.45) is 0. The van der Waals surface area contributed by atoms with E-state index in [2.05, 4.69) is 262 Å². The predicted molar refractivity (Wildman–Crippen MR) is 270 cm³/mol. The summed E-state index contributed by atoms with van der Waals surface area (Å²) in [5.74, 6) is 0. The highest BCUT2D eigenvalue weighted by Crippen LogP contribution is 2.41. The minimum Gasteiger partial charge on any atom is -0.309 e. The Kier molecular flexibility index (Phi) is 9.02. The molecule has 10 aromatic carbocycles. The van der Waals surface area contributed by atoms with E-state index in [-0.39, 0.29) is 0 Å². The second-order valence-corrected chi connectivity index (χ2v) is 17.2. The van der Waals surface area contributed by atoms with Gasteiger partial charge in [0, 0.05) is 37.4 Å². The van der Waals surface area contributed by atoms with Crippen LogP contribution in [-0.2, 0) is 0 Å². The smallest absolute Gasteiger partial charge is 0.0541 e. The van der Waals surface area contributed by atoms with E-state index in [9.17, 15) is 0 Å². The Morgan fingerprint density at radius 3 is 1.10 bits per heavy atom. The number of rotatable bonds is 7. The molecule has 2 heterocycles. The monoisotopic (exact) mass is 866 g/mol. The number of fused-ring (bicyclic) bond motifs is 6. The van der Waals surface area contributed by atoms with E-state index >= 15 is 0 Å². The summed E-state index contributed by atoms with van der Waals surface area (Å²) in [6.45, 7) is 0. The van der Waals surface area contributed by atoms with Crippen LogP contribution < -0.4 is 0 Å². The van der Waals surface area contributed by atoms with E-state index in [4.69, 9.17) is 0 Å². The molecule has 0 saturated carbocycles. The van der Waals surface area contributed by atoms with Crippen LogP contribution in [0.5, 0.6) is 0 Å². The minimum absolute atomic E-state index is 1.06. The molecule has 0 atom stereocenters. The van der Waals surface area contributed by atoms with Crippen LogP contribution in [0.2, 0.25) is 0 Å². The van der Waals surface area contributed by atoms with Crippen molar-refractivity contribution in [3.05, 3.63) is 241 Å². The Bertz CT molecular complexity index is 3620. The molecule has 0 fully saturated rings. The number of aromatic nitrogens is 2. The topological polar surface area (TPSA) is 9.86 Å². The van der Waals surface area contributed by atoms with Crippen LogP contribution in [0.25, 0.3) is 111 Å². The SMILES string of the molecule is Brc1cccc(-c2cc(-c3ccc4c(c3)c3ccccc3n4-c3ccccc3)cc(-c3ccc4c(c3)c3ccccc3n4-c3cc(-c4ccccc4)cc(-c4ccccc4)c3)c2)c1. The highest BCUT2D eigenvalue weighted by atomic mass is 79.9. The quantitative estimate of drug-likeness (QED) is 0.151. The lowest BCUT2D eigenvalue weighted by molar-refractivity contribution is 1.18. The van der Waals surface area contributed by atoms with Crippen LogP contribution in [0.3, 0.4) is 0 Å². The van der Waals surface area contributed by atoms with Crippen molar-refractivity contribution in [1.82, 2.24) is 9.13 Å². The molecule has 0 saturated heterocycles. The maximum Gasteiger partial charge on any atom is 0.0541 e. The molecule has 0 amide bonds. The lowest BCUT2D eigenvalue weighted by atomic mass is 9.92. The average Bonchev–Trinajstić information content (AvgIpc) is 3.87. The number of hydrogen-bond acceptors (Lipinski definition) is 0. The molecule has 0 spiro atoms. The number of halogens is 1. The van der Waals surface area contributed by atoms with Crippen LogP contribution in [0.1, 0.15) is 0 Å². The Hall–Kier alpha value is -7.72. The van der Waals surface area contributed by atoms with E-state index < -0.39 is 0 Å². The van der Waals surface area contributed by atoms with Crippen molar-refractivity contribution in [3.63, 3.8) is 0 Å². The summed E-state index contributed by atoms with van der Waals surface area (Å²) in [5.41, 5.74) is 18.9. The zero-order valence-electron chi connectivity index (χ0n) is 34.3. The first-order valence-corrected chi connectivity index (χ1v) is 22.2. The van der Waals surface area contributed by atoms with Gasteiger partial charge in [0.05, 0.1) is 22.1 Å². The van der Waals surface area contributed by atoms with E-state index in [1.165, 1.54) is 99.2 Å². The number of nitrogens with zero attached hydrogens (tertiary/aromatic N) is 2. The van der Waals surface area contributed by atoms with Gasteiger partial charge in [-0.25, -0.2) is 0 Å². The molecule has 12 rings (SSSR count). The molecule has 2 nitrogen and oxygen atoms in total. The minimum atomic E-state index is 1.06. The van der Waals surface area contributed by atoms with Gasteiger partial charge in [0.15, 0.2) is 0 Å². The van der Waals surface area contributed by atoms with Gasteiger partial charge in [0.25, 0.3) is 0 Å². The largest absolute Gasteiger partial charge is 0.309 e. The lowest BCUT2D eigenvalue weighted by Crippen LogP contribution is -1.96. The van der Waals surface area contributed by atoms with E-state index in [1.807, 2.05) is 0 Å².